The quantitative estimate of drug-likeness (QED) is 0.923. The van der Waals surface area contributed by atoms with Crippen LogP contribution in [0.15, 0.2) is 24.3 Å². The fourth-order valence-electron chi connectivity index (χ4n) is 3.30. The van der Waals surface area contributed by atoms with E-state index in [-0.39, 0.29) is 23.8 Å². The van der Waals surface area contributed by atoms with E-state index < -0.39 is 0 Å². The van der Waals surface area contributed by atoms with Crippen molar-refractivity contribution in [2.75, 3.05) is 24.6 Å². The Bertz CT molecular complexity index is 567. The van der Waals surface area contributed by atoms with Gasteiger partial charge >= 0.3 is 0 Å². The SMILES string of the molecule is CC(=O)N1CC(CC(=O)NCC2CCCO2)c2ccccc21. The summed E-state index contributed by atoms with van der Waals surface area (Å²) in [6.45, 7) is 3.53. The Morgan fingerprint density at radius 3 is 2.91 bits per heavy atom. The van der Waals surface area contributed by atoms with Gasteiger partial charge in [0.2, 0.25) is 11.8 Å². The summed E-state index contributed by atoms with van der Waals surface area (Å²) in [7, 11) is 0. The highest BCUT2D eigenvalue weighted by Gasteiger charge is 2.31. The van der Waals surface area contributed by atoms with Gasteiger partial charge in [-0.05, 0) is 24.5 Å². The molecule has 0 radical (unpaired) electrons. The molecule has 2 amide bonds. The van der Waals surface area contributed by atoms with Crippen molar-refractivity contribution in [1.82, 2.24) is 5.32 Å². The minimum atomic E-state index is 0.0229. The molecule has 118 valence electrons. The molecule has 0 aromatic heterocycles. The van der Waals surface area contributed by atoms with Gasteiger partial charge in [0.25, 0.3) is 0 Å². The van der Waals surface area contributed by atoms with Crippen molar-refractivity contribution in [3.8, 4) is 0 Å². The molecule has 5 nitrogen and oxygen atoms in total. The molecule has 3 rings (SSSR count). The van der Waals surface area contributed by atoms with Crippen molar-refractivity contribution in [2.45, 2.75) is 38.2 Å². The first-order valence-electron chi connectivity index (χ1n) is 7.90. The zero-order chi connectivity index (χ0) is 15.5. The zero-order valence-corrected chi connectivity index (χ0v) is 12.9. The monoisotopic (exact) mass is 302 g/mol. The van der Waals surface area contributed by atoms with Gasteiger partial charge in [-0.1, -0.05) is 18.2 Å². The van der Waals surface area contributed by atoms with Crippen LogP contribution in [0.5, 0.6) is 0 Å². The van der Waals surface area contributed by atoms with Gasteiger partial charge in [-0.15, -0.1) is 0 Å². The number of hydrogen-bond acceptors (Lipinski definition) is 3. The fraction of sp³-hybridized carbons (Fsp3) is 0.529. The first-order valence-corrected chi connectivity index (χ1v) is 7.90. The van der Waals surface area contributed by atoms with Crippen LogP contribution in [-0.4, -0.2) is 37.6 Å². The number of nitrogens with one attached hydrogen (secondary N) is 1. The van der Waals surface area contributed by atoms with Crippen LogP contribution in [-0.2, 0) is 14.3 Å². The van der Waals surface area contributed by atoms with Gasteiger partial charge in [0.15, 0.2) is 0 Å². The molecule has 1 fully saturated rings. The second-order valence-corrected chi connectivity index (χ2v) is 6.03. The van der Waals surface area contributed by atoms with Gasteiger partial charge in [-0.2, -0.15) is 0 Å². The van der Waals surface area contributed by atoms with E-state index in [1.165, 1.54) is 0 Å². The molecule has 1 saturated heterocycles. The van der Waals surface area contributed by atoms with E-state index in [0.717, 1.165) is 30.7 Å². The molecule has 0 saturated carbocycles. The minimum absolute atomic E-state index is 0.0229. The first kappa shape index (κ1) is 15.0. The van der Waals surface area contributed by atoms with Crippen molar-refractivity contribution in [2.24, 2.45) is 0 Å². The molecule has 2 aliphatic rings. The summed E-state index contributed by atoms with van der Waals surface area (Å²) in [4.78, 5) is 25.7. The molecule has 2 aliphatic heterocycles. The molecule has 1 aromatic carbocycles. The average molecular weight is 302 g/mol. The Hall–Kier alpha value is -1.88. The number of para-hydroxylation sites is 1. The second-order valence-electron chi connectivity index (χ2n) is 6.03. The number of fused-ring (bicyclic) bond motifs is 1. The number of ether oxygens (including phenoxy) is 1. The number of carbonyl (C=O) groups excluding carboxylic acids is 2. The highest BCUT2D eigenvalue weighted by atomic mass is 16.5. The molecular formula is C17H22N2O3. The predicted molar refractivity (Wildman–Crippen MR) is 83.8 cm³/mol. The lowest BCUT2D eigenvalue weighted by Crippen LogP contribution is -2.33. The maximum absolute atomic E-state index is 12.2. The second kappa shape index (κ2) is 6.48. The average Bonchev–Trinajstić information content (AvgIpc) is 3.13. The molecule has 2 unspecified atom stereocenters. The lowest BCUT2D eigenvalue weighted by molar-refractivity contribution is -0.122. The number of anilines is 1. The van der Waals surface area contributed by atoms with Crippen LogP contribution >= 0.6 is 0 Å². The van der Waals surface area contributed by atoms with E-state index in [4.69, 9.17) is 4.74 Å². The third-order valence-corrected chi connectivity index (χ3v) is 4.43. The van der Waals surface area contributed by atoms with E-state index in [9.17, 15) is 9.59 Å². The summed E-state index contributed by atoms with van der Waals surface area (Å²) in [5.74, 6) is 0.125. The van der Waals surface area contributed by atoms with Crippen LogP contribution in [0.4, 0.5) is 5.69 Å². The summed E-state index contributed by atoms with van der Waals surface area (Å²) < 4.78 is 5.51. The number of amides is 2. The molecule has 0 spiro atoms. The minimum Gasteiger partial charge on any atom is -0.376 e. The predicted octanol–water partition coefficient (Wildman–Crippen LogP) is 1.82. The van der Waals surface area contributed by atoms with Crippen LogP contribution in [0.1, 0.15) is 37.7 Å². The van der Waals surface area contributed by atoms with E-state index in [1.54, 1.807) is 11.8 Å². The third-order valence-electron chi connectivity index (χ3n) is 4.43. The first-order chi connectivity index (χ1) is 10.6. The summed E-state index contributed by atoms with van der Waals surface area (Å²) in [5.41, 5.74) is 2.02. The van der Waals surface area contributed by atoms with Gasteiger partial charge < -0.3 is 15.0 Å². The zero-order valence-electron chi connectivity index (χ0n) is 12.9. The van der Waals surface area contributed by atoms with Gasteiger partial charge in [-0.3, -0.25) is 9.59 Å². The maximum Gasteiger partial charge on any atom is 0.223 e. The van der Waals surface area contributed by atoms with Crippen LogP contribution in [0.3, 0.4) is 0 Å². The van der Waals surface area contributed by atoms with E-state index >= 15 is 0 Å². The summed E-state index contributed by atoms with van der Waals surface area (Å²) in [6, 6.07) is 7.84. The highest BCUT2D eigenvalue weighted by molar-refractivity contribution is 5.94. The Balaban J connectivity index is 1.60. The topological polar surface area (TPSA) is 58.6 Å². The normalized spacial score (nSPS) is 23.4. The lowest BCUT2D eigenvalue weighted by Gasteiger charge is -2.15. The Morgan fingerprint density at radius 2 is 2.18 bits per heavy atom. The number of hydrogen-bond donors (Lipinski definition) is 1. The molecular weight excluding hydrogens is 280 g/mol. The number of benzene rings is 1. The number of nitrogens with zero attached hydrogens (tertiary/aromatic N) is 1. The van der Waals surface area contributed by atoms with Gasteiger partial charge in [0, 0.05) is 44.6 Å². The Labute approximate surface area is 130 Å². The van der Waals surface area contributed by atoms with Crippen molar-refractivity contribution in [1.29, 1.82) is 0 Å². The molecule has 22 heavy (non-hydrogen) atoms. The molecule has 1 aromatic rings. The third kappa shape index (κ3) is 3.14. The van der Waals surface area contributed by atoms with E-state index in [0.29, 0.717) is 19.5 Å². The molecule has 2 heterocycles. The Kier molecular flexibility index (Phi) is 4.43. The van der Waals surface area contributed by atoms with E-state index in [2.05, 4.69) is 5.32 Å². The number of carbonyl (C=O) groups is 2. The van der Waals surface area contributed by atoms with Crippen LogP contribution < -0.4 is 10.2 Å². The molecule has 1 N–H and O–H groups in total. The molecule has 0 bridgehead atoms. The molecule has 2 atom stereocenters. The fourth-order valence-corrected chi connectivity index (χ4v) is 3.30. The Morgan fingerprint density at radius 1 is 1.36 bits per heavy atom. The van der Waals surface area contributed by atoms with Crippen LogP contribution in [0, 0.1) is 0 Å². The van der Waals surface area contributed by atoms with Crippen LogP contribution in [0.2, 0.25) is 0 Å². The molecule has 5 heteroatoms. The lowest BCUT2D eigenvalue weighted by atomic mass is 9.97. The van der Waals surface area contributed by atoms with Gasteiger partial charge in [-0.25, -0.2) is 0 Å². The van der Waals surface area contributed by atoms with Crippen molar-refractivity contribution >= 4 is 17.5 Å². The van der Waals surface area contributed by atoms with Gasteiger partial charge in [0.1, 0.15) is 0 Å². The summed E-state index contributed by atoms with van der Waals surface area (Å²) in [6.07, 6.45) is 2.66. The maximum atomic E-state index is 12.2. The van der Waals surface area contributed by atoms with Gasteiger partial charge in [0.05, 0.1) is 6.10 Å². The van der Waals surface area contributed by atoms with Crippen molar-refractivity contribution in [3.63, 3.8) is 0 Å². The summed E-state index contributed by atoms with van der Waals surface area (Å²) in [5, 5.41) is 2.96. The largest absolute Gasteiger partial charge is 0.376 e. The van der Waals surface area contributed by atoms with Crippen LogP contribution in [0.25, 0.3) is 0 Å². The number of rotatable bonds is 4. The molecule has 0 aliphatic carbocycles. The van der Waals surface area contributed by atoms with E-state index in [1.807, 2.05) is 24.3 Å². The standard InChI is InChI=1S/C17H22N2O3/c1-12(20)19-11-13(15-6-2-3-7-16(15)19)9-17(21)18-10-14-5-4-8-22-14/h2-3,6-7,13-14H,4-5,8-11H2,1H3,(H,18,21). The van der Waals surface area contributed by atoms with Crippen molar-refractivity contribution in [3.05, 3.63) is 29.8 Å². The summed E-state index contributed by atoms with van der Waals surface area (Å²) >= 11 is 0. The smallest absolute Gasteiger partial charge is 0.223 e. The highest BCUT2D eigenvalue weighted by Crippen LogP contribution is 2.37. The van der Waals surface area contributed by atoms with Crippen molar-refractivity contribution < 1.29 is 14.3 Å².